The molecule has 0 saturated carbocycles. The van der Waals surface area contributed by atoms with Crippen LogP contribution in [0.1, 0.15) is 25.8 Å². The monoisotopic (exact) mass is 320 g/mol. The molecular weight excluding hydrogens is 296 g/mol. The summed E-state index contributed by atoms with van der Waals surface area (Å²) in [5.41, 5.74) is 1.28. The summed E-state index contributed by atoms with van der Waals surface area (Å²) in [6.45, 7) is 6.37. The van der Waals surface area contributed by atoms with Crippen LogP contribution in [0.5, 0.6) is 0 Å². The first-order valence-corrected chi connectivity index (χ1v) is 7.52. The minimum atomic E-state index is -0.419. The van der Waals surface area contributed by atoms with Crippen LogP contribution in [0.25, 0.3) is 0 Å². The summed E-state index contributed by atoms with van der Waals surface area (Å²) >= 11 is 0. The van der Waals surface area contributed by atoms with E-state index in [-0.39, 0.29) is 11.6 Å². The number of aryl methyl sites for hydroxylation is 1. The van der Waals surface area contributed by atoms with E-state index in [0.717, 1.165) is 6.42 Å². The zero-order chi connectivity index (χ0) is 17.6. The van der Waals surface area contributed by atoms with Gasteiger partial charge < -0.3 is 9.80 Å². The van der Waals surface area contributed by atoms with Crippen molar-refractivity contribution in [1.29, 1.82) is 0 Å². The van der Waals surface area contributed by atoms with Crippen molar-refractivity contribution in [3.63, 3.8) is 0 Å². The van der Waals surface area contributed by atoms with E-state index in [1.807, 2.05) is 13.0 Å². The smallest absolute Gasteiger partial charge is 0.314 e. The molecule has 0 aliphatic rings. The van der Waals surface area contributed by atoms with Crippen LogP contribution in [0.2, 0.25) is 0 Å². The summed E-state index contributed by atoms with van der Waals surface area (Å²) < 4.78 is 0. The summed E-state index contributed by atoms with van der Waals surface area (Å²) in [6.07, 6.45) is 4.25. The number of pyridine rings is 1. The highest BCUT2D eigenvalue weighted by atomic mass is 16.6. The number of hydrogen-bond acceptors (Lipinski definition) is 5. The van der Waals surface area contributed by atoms with Crippen molar-refractivity contribution in [2.75, 3.05) is 32.1 Å². The molecule has 0 atom stereocenters. The molecule has 0 aliphatic heterocycles. The van der Waals surface area contributed by atoms with Gasteiger partial charge in [0.15, 0.2) is 0 Å². The van der Waals surface area contributed by atoms with E-state index in [1.165, 1.54) is 0 Å². The van der Waals surface area contributed by atoms with Crippen LogP contribution in [0.3, 0.4) is 0 Å². The lowest BCUT2D eigenvalue weighted by Gasteiger charge is -2.23. The highest BCUT2D eigenvalue weighted by Gasteiger charge is 2.22. The maximum absolute atomic E-state index is 12.1. The molecule has 7 heteroatoms. The number of nitrogens with zero attached hydrogens (tertiary/aromatic N) is 4. The fourth-order valence-electron chi connectivity index (χ4n) is 2.24. The van der Waals surface area contributed by atoms with Gasteiger partial charge in [0.25, 0.3) is 0 Å². The Kier molecular flexibility index (Phi) is 6.68. The lowest BCUT2D eigenvalue weighted by molar-refractivity contribution is -0.384. The van der Waals surface area contributed by atoms with Crippen LogP contribution in [0.15, 0.2) is 23.9 Å². The van der Waals surface area contributed by atoms with Gasteiger partial charge in [0.05, 0.1) is 4.92 Å². The molecule has 126 valence electrons. The zero-order valence-electron chi connectivity index (χ0n) is 14.4. The van der Waals surface area contributed by atoms with Crippen LogP contribution in [-0.4, -0.2) is 47.9 Å². The van der Waals surface area contributed by atoms with Gasteiger partial charge >= 0.3 is 5.69 Å². The van der Waals surface area contributed by atoms with Crippen molar-refractivity contribution in [3.05, 3.63) is 39.6 Å². The van der Waals surface area contributed by atoms with Crippen molar-refractivity contribution in [1.82, 2.24) is 9.88 Å². The molecular formula is C16H24N4O3. The predicted octanol–water partition coefficient (Wildman–Crippen LogP) is 2.55. The van der Waals surface area contributed by atoms with Gasteiger partial charge in [0, 0.05) is 44.5 Å². The second-order valence-electron chi connectivity index (χ2n) is 5.50. The van der Waals surface area contributed by atoms with E-state index in [1.54, 1.807) is 50.0 Å². The first-order chi connectivity index (χ1) is 10.8. The van der Waals surface area contributed by atoms with E-state index < -0.39 is 4.92 Å². The van der Waals surface area contributed by atoms with Crippen LogP contribution >= 0.6 is 0 Å². The number of amides is 1. The second-order valence-corrected chi connectivity index (χ2v) is 5.50. The Morgan fingerprint density at radius 2 is 2.04 bits per heavy atom. The maximum Gasteiger partial charge on any atom is 0.314 e. The molecule has 0 aromatic carbocycles. The van der Waals surface area contributed by atoms with Gasteiger partial charge in [-0.1, -0.05) is 13.0 Å². The third-order valence-corrected chi connectivity index (χ3v) is 3.62. The van der Waals surface area contributed by atoms with Crippen molar-refractivity contribution in [2.24, 2.45) is 0 Å². The van der Waals surface area contributed by atoms with Gasteiger partial charge in [-0.15, -0.1) is 0 Å². The minimum absolute atomic E-state index is 0.00559. The molecule has 0 fully saturated rings. The number of anilines is 1. The van der Waals surface area contributed by atoms with Crippen LogP contribution in [0.4, 0.5) is 11.5 Å². The SMILES string of the molecule is CC/C=C(\C)C(=O)N(C)CCN(C)c1nccc(C)c1[N+](=O)[O-]. The van der Waals surface area contributed by atoms with E-state index in [2.05, 4.69) is 4.98 Å². The molecule has 23 heavy (non-hydrogen) atoms. The number of likely N-dealkylation sites (N-methyl/N-ethyl adjacent to an activating group) is 2. The number of hydrogen-bond donors (Lipinski definition) is 0. The van der Waals surface area contributed by atoms with Crippen molar-refractivity contribution in [2.45, 2.75) is 27.2 Å². The highest BCUT2D eigenvalue weighted by Crippen LogP contribution is 2.27. The first-order valence-electron chi connectivity index (χ1n) is 7.52. The van der Waals surface area contributed by atoms with Gasteiger partial charge in [-0.2, -0.15) is 0 Å². The fourth-order valence-corrected chi connectivity index (χ4v) is 2.24. The van der Waals surface area contributed by atoms with Gasteiger partial charge in [-0.05, 0) is 26.3 Å². The van der Waals surface area contributed by atoms with Gasteiger partial charge in [-0.3, -0.25) is 14.9 Å². The Morgan fingerprint density at radius 3 is 2.61 bits per heavy atom. The highest BCUT2D eigenvalue weighted by molar-refractivity contribution is 5.92. The minimum Gasteiger partial charge on any atom is -0.352 e. The molecule has 7 nitrogen and oxygen atoms in total. The van der Waals surface area contributed by atoms with Crippen molar-refractivity contribution in [3.8, 4) is 0 Å². The quantitative estimate of drug-likeness (QED) is 0.438. The summed E-state index contributed by atoms with van der Waals surface area (Å²) in [4.78, 5) is 30.4. The molecule has 1 aromatic heterocycles. The van der Waals surface area contributed by atoms with Crippen LogP contribution in [0, 0.1) is 17.0 Å². The maximum atomic E-state index is 12.1. The Balaban J connectivity index is 2.80. The number of aromatic nitrogens is 1. The molecule has 1 rings (SSSR count). The van der Waals surface area contributed by atoms with Gasteiger partial charge in [0.1, 0.15) is 0 Å². The Hall–Kier alpha value is -2.44. The zero-order valence-corrected chi connectivity index (χ0v) is 14.4. The lowest BCUT2D eigenvalue weighted by atomic mass is 10.2. The Bertz CT molecular complexity index is 613. The van der Waals surface area contributed by atoms with Crippen LogP contribution < -0.4 is 4.90 Å². The standard InChI is InChI=1S/C16H24N4O3/c1-6-7-13(3)16(21)19(5)11-10-18(4)15-14(20(22)23)12(2)8-9-17-15/h7-9H,6,10-11H2,1-5H3/b13-7+. The molecule has 1 heterocycles. The largest absolute Gasteiger partial charge is 0.352 e. The van der Waals surface area contributed by atoms with E-state index in [0.29, 0.717) is 30.0 Å². The average Bonchev–Trinajstić information content (AvgIpc) is 2.50. The molecule has 0 N–H and O–H groups in total. The first kappa shape index (κ1) is 18.6. The second kappa shape index (κ2) is 8.26. The number of rotatable bonds is 7. The van der Waals surface area contributed by atoms with E-state index >= 15 is 0 Å². The molecule has 0 aliphatic carbocycles. The summed E-state index contributed by atoms with van der Waals surface area (Å²) in [6, 6.07) is 1.62. The third-order valence-electron chi connectivity index (χ3n) is 3.62. The predicted molar refractivity (Wildman–Crippen MR) is 90.6 cm³/mol. The van der Waals surface area contributed by atoms with E-state index in [4.69, 9.17) is 0 Å². The molecule has 0 bridgehead atoms. The van der Waals surface area contributed by atoms with Crippen molar-refractivity contribution < 1.29 is 9.72 Å². The lowest BCUT2D eigenvalue weighted by Crippen LogP contribution is -2.35. The van der Waals surface area contributed by atoms with Crippen LogP contribution in [-0.2, 0) is 4.79 Å². The average molecular weight is 320 g/mol. The molecule has 1 amide bonds. The summed E-state index contributed by atoms with van der Waals surface area (Å²) in [5.74, 6) is 0.281. The Morgan fingerprint density at radius 1 is 1.39 bits per heavy atom. The molecule has 0 unspecified atom stereocenters. The van der Waals surface area contributed by atoms with Gasteiger partial charge in [-0.25, -0.2) is 4.98 Å². The number of allylic oxidation sites excluding steroid dienone is 1. The third kappa shape index (κ3) is 4.77. The Labute approximate surface area is 136 Å². The summed E-state index contributed by atoms with van der Waals surface area (Å²) in [7, 11) is 3.46. The number of carbonyl (C=O) groups excluding carboxylic acids is 1. The topological polar surface area (TPSA) is 79.6 Å². The fraction of sp³-hybridized carbons (Fsp3) is 0.500. The molecule has 0 spiro atoms. The van der Waals surface area contributed by atoms with Gasteiger partial charge in [0.2, 0.25) is 11.7 Å². The molecule has 0 saturated heterocycles. The summed E-state index contributed by atoms with van der Waals surface area (Å²) in [5, 5.41) is 11.2. The number of nitro groups is 1. The molecule has 1 aromatic rings. The van der Waals surface area contributed by atoms with Crippen molar-refractivity contribution >= 4 is 17.4 Å². The molecule has 0 radical (unpaired) electrons. The number of carbonyl (C=O) groups is 1. The van der Waals surface area contributed by atoms with E-state index in [9.17, 15) is 14.9 Å². The normalized spacial score (nSPS) is 11.3.